The molecule has 2 aliphatic heterocycles. The molecule has 8 heteroatoms. The van der Waals surface area contributed by atoms with Gasteiger partial charge in [-0.1, -0.05) is 19.4 Å². The minimum atomic E-state index is -0.602. The Morgan fingerprint density at radius 3 is 2.80 bits per heavy atom. The van der Waals surface area contributed by atoms with E-state index in [1.807, 2.05) is 10.6 Å². The summed E-state index contributed by atoms with van der Waals surface area (Å²) in [6.07, 6.45) is 3.90. The number of urea groups is 1. The number of piperidine rings is 1. The molecule has 1 aromatic rings. The van der Waals surface area contributed by atoms with Gasteiger partial charge in [0, 0.05) is 57.1 Å². The van der Waals surface area contributed by atoms with Gasteiger partial charge in [-0.3, -0.25) is 9.59 Å². The maximum absolute atomic E-state index is 12.7. The normalized spacial score (nSPS) is 20.9. The average molecular weight is 419 g/mol. The number of unbranched alkanes of at least 4 members (excludes halogenated alkanes) is 1. The number of hydrogen-bond acceptors (Lipinski definition) is 4. The summed E-state index contributed by atoms with van der Waals surface area (Å²) in [6.45, 7) is 7.55. The molecule has 2 aliphatic rings. The van der Waals surface area contributed by atoms with E-state index in [1.54, 1.807) is 24.0 Å². The second-order valence-electron chi connectivity index (χ2n) is 8.38. The maximum atomic E-state index is 12.7. The van der Waals surface area contributed by atoms with E-state index in [0.717, 1.165) is 38.0 Å². The van der Waals surface area contributed by atoms with Crippen LogP contribution in [0.4, 0.5) is 4.79 Å². The average Bonchev–Trinajstić information content (AvgIpc) is 2.73. The van der Waals surface area contributed by atoms with E-state index in [9.17, 15) is 14.4 Å². The van der Waals surface area contributed by atoms with Gasteiger partial charge >= 0.3 is 6.03 Å². The zero-order chi connectivity index (χ0) is 21.5. The van der Waals surface area contributed by atoms with Gasteiger partial charge in [0.2, 0.25) is 5.91 Å². The molecule has 0 saturated carbocycles. The Morgan fingerprint density at radius 2 is 2.00 bits per heavy atom. The van der Waals surface area contributed by atoms with E-state index in [0.29, 0.717) is 32.8 Å². The molecule has 0 aromatic carbocycles. The first-order valence-electron chi connectivity index (χ1n) is 11.1. The number of rotatable bonds is 9. The topological polar surface area (TPSA) is 92.7 Å². The molecule has 3 atom stereocenters. The predicted molar refractivity (Wildman–Crippen MR) is 114 cm³/mol. The number of nitrogens with zero attached hydrogens (tertiary/aromatic N) is 2. The third-order valence-corrected chi connectivity index (χ3v) is 5.91. The maximum Gasteiger partial charge on any atom is 0.318 e. The second-order valence-corrected chi connectivity index (χ2v) is 8.38. The van der Waals surface area contributed by atoms with E-state index in [2.05, 4.69) is 17.6 Å². The molecule has 1 aromatic heterocycles. The third-order valence-electron chi connectivity index (χ3n) is 5.91. The van der Waals surface area contributed by atoms with E-state index in [-0.39, 0.29) is 29.3 Å². The SMILES string of the molecule is CCCCOCCCNC(=O)[C@H](C)NC(=O)N1C[C@@H]2C[C@H](C1)c1cccc(=O)n1C2. The van der Waals surface area contributed by atoms with Crippen LogP contribution < -0.4 is 16.2 Å². The summed E-state index contributed by atoms with van der Waals surface area (Å²) in [5.41, 5.74) is 1.03. The molecule has 8 nitrogen and oxygen atoms in total. The number of nitrogens with one attached hydrogen (secondary N) is 2. The molecule has 3 rings (SSSR count). The summed E-state index contributed by atoms with van der Waals surface area (Å²) in [5.74, 6) is 0.235. The zero-order valence-corrected chi connectivity index (χ0v) is 18.1. The lowest BCUT2D eigenvalue weighted by Gasteiger charge is -2.42. The van der Waals surface area contributed by atoms with Crippen LogP contribution in [0.5, 0.6) is 0 Å². The first kappa shape index (κ1) is 22.3. The fourth-order valence-corrected chi connectivity index (χ4v) is 4.29. The Hall–Kier alpha value is -2.35. The van der Waals surface area contributed by atoms with Crippen molar-refractivity contribution in [3.63, 3.8) is 0 Å². The molecule has 0 aliphatic carbocycles. The summed E-state index contributed by atoms with van der Waals surface area (Å²) >= 11 is 0. The first-order chi connectivity index (χ1) is 14.5. The van der Waals surface area contributed by atoms with Crippen molar-refractivity contribution < 1.29 is 14.3 Å². The number of carbonyl (C=O) groups is 2. The van der Waals surface area contributed by atoms with Gasteiger partial charge in [0.1, 0.15) is 6.04 Å². The van der Waals surface area contributed by atoms with Crippen LogP contribution in [-0.4, -0.2) is 60.3 Å². The Morgan fingerprint density at radius 1 is 1.20 bits per heavy atom. The summed E-state index contributed by atoms with van der Waals surface area (Å²) in [6, 6.07) is 4.53. The van der Waals surface area contributed by atoms with Crippen LogP contribution in [0, 0.1) is 5.92 Å². The number of amides is 3. The summed E-state index contributed by atoms with van der Waals surface area (Å²) in [7, 11) is 0. The van der Waals surface area contributed by atoms with E-state index in [1.165, 1.54) is 0 Å². The van der Waals surface area contributed by atoms with Crippen molar-refractivity contribution in [1.29, 1.82) is 0 Å². The highest BCUT2D eigenvalue weighted by molar-refractivity contribution is 5.86. The van der Waals surface area contributed by atoms with Crippen LogP contribution in [0.15, 0.2) is 23.0 Å². The van der Waals surface area contributed by atoms with Crippen molar-refractivity contribution in [1.82, 2.24) is 20.1 Å². The van der Waals surface area contributed by atoms with Crippen LogP contribution in [0.25, 0.3) is 0 Å². The van der Waals surface area contributed by atoms with Crippen LogP contribution in [0.1, 0.15) is 51.1 Å². The highest BCUT2D eigenvalue weighted by atomic mass is 16.5. The third kappa shape index (κ3) is 5.62. The van der Waals surface area contributed by atoms with Crippen molar-refractivity contribution in [2.24, 2.45) is 5.92 Å². The number of aromatic nitrogens is 1. The van der Waals surface area contributed by atoms with Gasteiger partial charge in [-0.15, -0.1) is 0 Å². The molecule has 166 valence electrons. The molecule has 30 heavy (non-hydrogen) atoms. The monoisotopic (exact) mass is 418 g/mol. The standard InChI is InChI=1S/C22H34N4O4/c1-3-4-10-30-11-6-9-23-21(28)16(2)24-22(29)25-13-17-12-18(15-25)19-7-5-8-20(27)26(19)14-17/h5,7-8,16-18H,3-4,6,9-15H2,1-2H3,(H,23,28)(H,24,29)/t16-,17-,18+/m0/s1. The van der Waals surface area contributed by atoms with Crippen molar-refractivity contribution in [3.8, 4) is 0 Å². The molecule has 3 amide bonds. The minimum absolute atomic E-state index is 0.0289. The van der Waals surface area contributed by atoms with Gasteiger partial charge in [-0.25, -0.2) is 4.79 Å². The van der Waals surface area contributed by atoms with Crippen molar-refractivity contribution >= 4 is 11.9 Å². The Kier molecular flexibility index (Phi) is 7.90. The van der Waals surface area contributed by atoms with Gasteiger partial charge in [0.15, 0.2) is 0 Å². The van der Waals surface area contributed by atoms with Crippen LogP contribution in [-0.2, 0) is 16.1 Å². The smallest absolute Gasteiger partial charge is 0.318 e. The summed E-state index contributed by atoms with van der Waals surface area (Å²) in [4.78, 5) is 38.9. The number of carbonyl (C=O) groups excluding carboxylic acids is 2. The number of likely N-dealkylation sites (tertiary alicyclic amines) is 1. The molecule has 2 bridgehead atoms. The summed E-state index contributed by atoms with van der Waals surface area (Å²) in [5, 5.41) is 5.67. The van der Waals surface area contributed by atoms with Crippen molar-refractivity contribution in [2.45, 2.75) is 58.0 Å². The molecule has 1 fully saturated rings. The van der Waals surface area contributed by atoms with E-state index in [4.69, 9.17) is 4.74 Å². The lowest BCUT2D eigenvalue weighted by molar-refractivity contribution is -0.122. The Labute approximate surface area is 178 Å². The highest BCUT2D eigenvalue weighted by Gasteiger charge is 2.36. The van der Waals surface area contributed by atoms with Crippen molar-refractivity contribution in [3.05, 3.63) is 34.2 Å². The van der Waals surface area contributed by atoms with Crippen LogP contribution in [0.2, 0.25) is 0 Å². The molecular weight excluding hydrogens is 384 g/mol. The number of fused-ring (bicyclic) bond motifs is 4. The lowest BCUT2D eigenvalue weighted by Crippen LogP contribution is -2.55. The quantitative estimate of drug-likeness (QED) is 0.597. The molecule has 1 saturated heterocycles. The van der Waals surface area contributed by atoms with E-state index >= 15 is 0 Å². The largest absolute Gasteiger partial charge is 0.381 e. The fourth-order valence-electron chi connectivity index (χ4n) is 4.29. The van der Waals surface area contributed by atoms with E-state index < -0.39 is 6.04 Å². The molecule has 0 radical (unpaired) electrons. The van der Waals surface area contributed by atoms with Gasteiger partial charge in [-0.05, 0) is 38.2 Å². The summed E-state index contributed by atoms with van der Waals surface area (Å²) < 4.78 is 7.32. The van der Waals surface area contributed by atoms with Crippen LogP contribution >= 0.6 is 0 Å². The number of pyridine rings is 1. The molecule has 3 heterocycles. The van der Waals surface area contributed by atoms with Crippen molar-refractivity contribution in [2.75, 3.05) is 32.8 Å². The van der Waals surface area contributed by atoms with Crippen LogP contribution in [0.3, 0.4) is 0 Å². The first-order valence-corrected chi connectivity index (χ1v) is 11.1. The molecule has 0 unspecified atom stereocenters. The highest BCUT2D eigenvalue weighted by Crippen LogP contribution is 2.34. The Balaban J connectivity index is 1.44. The van der Waals surface area contributed by atoms with Gasteiger partial charge < -0.3 is 24.8 Å². The molecular formula is C22H34N4O4. The van der Waals surface area contributed by atoms with Gasteiger partial charge in [0.25, 0.3) is 5.56 Å². The molecule has 0 spiro atoms. The number of ether oxygens (including phenoxy) is 1. The fraction of sp³-hybridized carbons (Fsp3) is 0.682. The van der Waals surface area contributed by atoms with Gasteiger partial charge in [0.05, 0.1) is 0 Å². The Bertz CT molecular complexity index is 794. The number of hydrogen-bond donors (Lipinski definition) is 2. The zero-order valence-electron chi connectivity index (χ0n) is 18.1. The lowest BCUT2D eigenvalue weighted by atomic mass is 9.83. The van der Waals surface area contributed by atoms with Gasteiger partial charge in [-0.2, -0.15) is 0 Å². The predicted octanol–water partition coefficient (Wildman–Crippen LogP) is 1.69. The minimum Gasteiger partial charge on any atom is -0.381 e. The second kappa shape index (κ2) is 10.6. The molecule has 2 N–H and O–H groups in total.